The molecule has 2 rings (SSSR count). The molecule has 1 N–H and O–H groups in total. The van der Waals surface area contributed by atoms with Crippen LogP contribution in [0.2, 0.25) is 0 Å². The van der Waals surface area contributed by atoms with Crippen molar-refractivity contribution in [1.82, 2.24) is 10.1 Å². The predicted octanol–water partition coefficient (Wildman–Crippen LogP) is 3.52. The molecule has 20 heavy (non-hydrogen) atoms. The Balaban J connectivity index is 2.09. The van der Waals surface area contributed by atoms with Crippen LogP contribution in [-0.2, 0) is 0 Å². The first kappa shape index (κ1) is 14.1. The van der Waals surface area contributed by atoms with Crippen LogP contribution in [0, 0.1) is 13.8 Å². The summed E-state index contributed by atoms with van der Waals surface area (Å²) in [5.41, 5.74) is 2.41. The number of urea groups is 1. The van der Waals surface area contributed by atoms with E-state index in [-0.39, 0.29) is 12.1 Å². The minimum Gasteiger partial charge on any atom is -0.359 e. The molecule has 0 spiro atoms. The van der Waals surface area contributed by atoms with Gasteiger partial charge >= 0.3 is 6.03 Å². The second-order valence-corrected chi connectivity index (χ2v) is 4.83. The molecular formula is C15H19N3O2. The first-order valence-corrected chi connectivity index (χ1v) is 6.52. The third kappa shape index (κ3) is 2.82. The molecule has 0 aliphatic carbocycles. The average molecular weight is 273 g/mol. The van der Waals surface area contributed by atoms with E-state index in [1.807, 2.05) is 37.3 Å². The molecule has 2 aromatic rings. The normalized spacial score (nSPS) is 12.0. The number of aromatic nitrogens is 1. The van der Waals surface area contributed by atoms with Gasteiger partial charge in [0.2, 0.25) is 0 Å². The van der Waals surface area contributed by atoms with E-state index in [1.54, 1.807) is 25.8 Å². The molecule has 0 aliphatic rings. The van der Waals surface area contributed by atoms with Gasteiger partial charge in [-0.25, -0.2) is 4.79 Å². The topological polar surface area (TPSA) is 58.4 Å². The Morgan fingerprint density at radius 1 is 1.30 bits per heavy atom. The minimum absolute atomic E-state index is 0.0170. The molecule has 0 saturated heterocycles. The van der Waals surface area contributed by atoms with E-state index in [9.17, 15) is 4.79 Å². The zero-order valence-electron chi connectivity index (χ0n) is 12.2. The van der Waals surface area contributed by atoms with E-state index in [0.717, 1.165) is 5.56 Å². The van der Waals surface area contributed by atoms with Crippen LogP contribution in [0.5, 0.6) is 0 Å². The van der Waals surface area contributed by atoms with Crippen molar-refractivity contribution in [3.05, 3.63) is 47.3 Å². The summed E-state index contributed by atoms with van der Waals surface area (Å²) in [4.78, 5) is 13.9. The highest BCUT2D eigenvalue weighted by molar-refractivity contribution is 5.90. The highest BCUT2D eigenvalue weighted by atomic mass is 16.5. The van der Waals surface area contributed by atoms with Crippen LogP contribution >= 0.6 is 0 Å². The lowest BCUT2D eigenvalue weighted by Crippen LogP contribution is -2.33. The number of rotatable bonds is 3. The van der Waals surface area contributed by atoms with Crippen molar-refractivity contribution in [3.63, 3.8) is 0 Å². The summed E-state index contributed by atoms with van der Waals surface area (Å²) in [6.07, 6.45) is 0. The number of carbonyl (C=O) groups is 1. The lowest BCUT2D eigenvalue weighted by molar-refractivity contribution is 0.208. The molecule has 0 bridgehead atoms. The van der Waals surface area contributed by atoms with E-state index in [2.05, 4.69) is 10.5 Å². The Bertz CT molecular complexity index is 573. The fraction of sp³-hybridized carbons (Fsp3) is 0.333. The fourth-order valence-corrected chi connectivity index (χ4v) is 1.99. The van der Waals surface area contributed by atoms with Crippen LogP contribution in [0.3, 0.4) is 0 Å². The summed E-state index contributed by atoms with van der Waals surface area (Å²) >= 11 is 0. The van der Waals surface area contributed by atoms with Crippen LogP contribution in [0.1, 0.15) is 30.0 Å². The van der Waals surface area contributed by atoms with E-state index >= 15 is 0 Å². The highest BCUT2D eigenvalue weighted by Gasteiger charge is 2.19. The van der Waals surface area contributed by atoms with Gasteiger partial charge in [0.1, 0.15) is 11.4 Å². The first-order chi connectivity index (χ1) is 9.50. The van der Waals surface area contributed by atoms with Gasteiger partial charge in [-0.1, -0.05) is 35.5 Å². The number of hydrogen-bond acceptors (Lipinski definition) is 3. The molecule has 5 heteroatoms. The van der Waals surface area contributed by atoms with Gasteiger partial charge in [0.15, 0.2) is 5.76 Å². The number of nitrogens with one attached hydrogen (secondary N) is 1. The largest absolute Gasteiger partial charge is 0.359 e. The lowest BCUT2D eigenvalue weighted by Gasteiger charge is -2.25. The highest BCUT2D eigenvalue weighted by Crippen LogP contribution is 2.22. The van der Waals surface area contributed by atoms with Crippen LogP contribution in [0.4, 0.5) is 10.5 Å². The molecule has 1 atom stereocenters. The molecule has 1 aromatic heterocycles. The second kappa shape index (κ2) is 5.77. The predicted molar refractivity (Wildman–Crippen MR) is 77.6 cm³/mol. The van der Waals surface area contributed by atoms with Crippen molar-refractivity contribution in [3.8, 4) is 0 Å². The fourth-order valence-electron chi connectivity index (χ4n) is 1.99. The summed E-state index contributed by atoms with van der Waals surface area (Å²) in [5.74, 6) is 0.608. The van der Waals surface area contributed by atoms with E-state index in [4.69, 9.17) is 4.52 Å². The lowest BCUT2D eigenvalue weighted by atomic mass is 10.1. The van der Waals surface area contributed by atoms with Gasteiger partial charge in [-0.05, 0) is 26.3 Å². The maximum Gasteiger partial charge on any atom is 0.322 e. The molecule has 0 saturated carbocycles. The smallest absolute Gasteiger partial charge is 0.322 e. The van der Waals surface area contributed by atoms with Gasteiger partial charge in [0.05, 0.1) is 6.04 Å². The zero-order chi connectivity index (χ0) is 14.7. The van der Waals surface area contributed by atoms with Gasteiger partial charge in [-0.3, -0.25) is 0 Å². The van der Waals surface area contributed by atoms with Crippen molar-refractivity contribution in [2.45, 2.75) is 26.8 Å². The van der Waals surface area contributed by atoms with Gasteiger partial charge in [-0.15, -0.1) is 0 Å². The van der Waals surface area contributed by atoms with E-state index in [1.165, 1.54) is 0 Å². The number of anilines is 1. The number of benzene rings is 1. The van der Waals surface area contributed by atoms with Crippen molar-refractivity contribution in [1.29, 1.82) is 0 Å². The number of aryl methyl sites for hydroxylation is 2. The van der Waals surface area contributed by atoms with Crippen LogP contribution in [0.25, 0.3) is 0 Å². The van der Waals surface area contributed by atoms with Crippen LogP contribution in [0.15, 0.2) is 34.9 Å². The van der Waals surface area contributed by atoms with Crippen molar-refractivity contribution in [2.75, 3.05) is 12.4 Å². The molecule has 1 aromatic carbocycles. The average Bonchev–Trinajstić information content (AvgIpc) is 2.78. The van der Waals surface area contributed by atoms with Gasteiger partial charge < -0.3 is 14.7 Å². The summed E-state index contributed by atoms with van der Waals surface area (Å²) in [6.45, 7) is 5.56. The third-order valence-corrected chi connectivity index (χ3v) is 3.45. The molecule has 106 valence electrons. The number of carbonyl (C=O) groups excluding carboxylic acids is 1. The molecule has 0 aliphatic heterocycles. The van der Waals surface area contributed by atoms with Gasteiger partial charge in [0, 0.05) is 7.05 Å². The molecule has 2 amide bonds. The molecule has 0 radical (unpaired) electrons. The summed E-state index contributed by atoms with van der Waals surface area (Å²) < 4.78 is 5.04. The maximum atomic E-state index is 12.3. The first-order valence-electron chi connectivity index (χ1n) is 6.52. The summed E-state index contributed by atoms with van der Waals surface area (Å²) in [5, 5.41) is 6.66. The van der Waals surface area contributed by atoms with Crippen molar-refractivity contribution in [2.24, 2.45) is 0 Å². The Morgan fingerprint density at radius 3 is 2.50 bits per heavy atom. The number of hydrogen-bond donors (Lipinski definition) is 1. The maximum absolute atomic E-state index is 12.3. The Hall–Kier alpha value is -2.30. The van der Waals surface area contributed by atoms with Crippen LogP contribution in [-0.4, -0.2) is 23.1 Å². The molecular weight excluding hydrogens is 254 g/mol. The standard InChI is InChI=1S/C15H19N3O2/c1-10-14(12(3)20-17-10)16-15(19)18(4)11(2)13-8-6-5-7-9-13/h5-9,11H,1-4H3,(H,16,19)/t11-/m1/s1. The van der Waals surface area contributed by atoms with E-state index < -0.39 is 0 Å². The van der Waals surface area contributed by atoms with Gasteiger partial charge in [-0.2, -0.15) is 0 Å². The SMILES string of the molecule is Cc1noc(C)c1NC(=O)N(C)[C@H](C)c1ccccc1. The Labute approximate surface area is 118 Å². The molecule has 5 nitrogen and oxygen atoms in total. The second-order valence-electron chi connectivity index (χ2n) is 4.83. The zero-order valence-corrected chi connectivity index (χ0v) is 12.2. The molecule has 0 fully saturated rings. The monoisotopic (exact) mass is 273 g/mol. The minimum atomic E-state index is -0.184. The summed E-state index contributed by atoms with van der Waals surface area (Å²) in [7, 11) is 1.77. The summed E-state index contributed by atoms with van der Waals surface area (Å²) in [6, 6.07) is 9.69. The Morgan fingerprint density at radius 2 is 1.95 bits per heavy atom. The van der Waals surface area contributed by atoms with Crippen molar-refractivity contribution >= 4 is 11.7 Å². The van der Waals surface area contributed by atoms with E-state index in [0.29, 0.717) is 17.1 Å². The Kier molecular flexibility index (Phi) is 4.08. The molecule has 0 unspecified atom stereocenters. The molecule has 1 heterocycles. The number of nitrogens with zero attached hydrogens (tertiary/aromatic N) is 2. The van der Waals surface area contributed by atoms with Crippen LogP contribution < -0.4 is 5.32 Å². The van der Waals surface area contributed by atoms with Gasteiger partial charge in [0.25, 0.3) is 0 Å². The number of amides is 2. The van der Waals surface area contributed by atoms with Crippen molar-refractivity contribution < 1.29 is 9.32 Å². The quantitative estimate of drug-likeness (QED) is 0.930. The third-order valence-electron chi connectivity index (χ3n) is 3.45.